The molecule has 1 N–H and O–H groups in total. The van der Waals surface area contributed by atoms with E-state index in [0.29, 0.717) is 12.2 Å². The molecule has 3 nitrogen and oxygen atoms in total. The maximum Gasteiger partial charge on any atom is 0.389 e. The summed E-state index contributed by atoms with van der Waals surface area (Å²) in [6, 6.07) is 1.67. The van der Waals surface area contributed by atoms with Gasteiger partial charge in [-0.05, 0) is 13.1 Å². The summed E-state index contributed by atoms with van der Waals surface area (Å²) in [5.74, 6) is 0.236. The van der Waals surface area contributed by atoms with Gasteiger partial charge < -0.3 is 5.32 Å². The van der Waals surface area contributed by atoms with Gasteiger partial charge in [-0.25, -0.2) is 9.97 Å². The van der Waals surface area contributed by atoms with Crippen molar-refractivity contribution in [3.63, 3.8) is 0 Å². The molecule has 0 radical (unpaired) electrons. The van der Waals surface area contributed by atoms with E-state index >= 15 is 0 Å². The summed E-state index contributed by atoms with van der Waals surface area (Å²) in [6.07, 6.45) is -3.72. The molecule has 1 heterocycles. The number of nitrogens with zero attached hydrogens (tertiary/aromatic N) is 2. The van der Waals surface area contributed by atoms with E-state index in [-0.39, 0.29) is 12.2 Å². The number of hydrogen-bond donors (Lipinski definition) is 1. The summed E-state index contributed by atoms with van der Waals surface area (Å²) < 4.78 is 35.8. The van der Waals surface area contributed by atoms with Crippen molar-refractivity contribution in [3.8, 4) is 0 Å². The monoisotopic (exact) mass is 219 g/mol. The highest BCUT2D eigenvalue weighted by molar-refractivity contribution is 5.02. The van der Waals surface area contributed by atoms with Crippen molar-refractivity contribution in [1.82, 2.24) is 15.3 Å². The zero-order valence-electron chi connectivity index (χ0n) is 8.30. The summed E-state index contributed by atoms with van der Waals surface area (Å²) >= 11 is 0. The molecular formula is C9H12F3N3. The van der Waals surface area contributed by atoms with Crippen LogP contribution in [0.2, 0.25) is 0 Å². The first-order valence-corrected chi connectivity index (χ1v) is 4.53. The Morgan fingerprint density at radius 2 is 2.13 bits per heavy atom. The molecule has 0 aliphatic rings. The molecule has 1 aromatic rings. The van der Waals surface area contributed by atoms with Gasteiger partial charge in [0, 0.05) is 19.2 Å². The summed E-state index contributed by atoms with van der Waals surface area (Å²) in [5.41, 5.74) is 0.699. The maximum atomic E-state index is 11.9. The summed E-state index contributed by atoms with van der Waals surface area (Å²) in [5, 5.41) is 2.87. The lowest BCUT2D eigenvalue weighted by Gasteiger charge is -2.06. The number of nitrogens with one attached hydrogen (secondary N) is 1. The molecule has 84 valence electrons. The zero-order chi connectivity index (χ0) is 11.3. The van der Waals surface area contributed by atoms with Crippen molar-refractivity contribution >= 4 is 0 Å². The van der Waals surface area contributed by atoms with Crippen molar-refractivity contribution in [3.05, 3.63) is 23.8 Å². The van der Waals surface area contributed by atoms with E-state index in [2.05, 4.69) is 15.3 Å². The molecule has 0 spiro atoms. The Morgan fingerprint density at radius 3 is 2.73 bits per heavy atom. The number of aromatic nitrogens is 2. The van der Waals surface area contributed by atoms with Crippen LogP contribution in [0.1, 0.15) is 17.9 Å². The van der Waals surface area contributed by atoms with E-state index in [4.69, 9.17) is 0 Å². The molecule has 15 heavy (non-hydrogen) atoms. The Balaban J connectivity index is 2.57. The lowest BCUT2D eigenvalue weighted by atomic mass is 10.3. The second-order valence-corrected chi connectivity index (χ2v) is 3.11. The van der Waals surface area contributed by atoms with Crippen LogP contribution in [0.15, 0.2) is 12.3 Å². The molecule has 0 aliphatic carbocycles. The predicted octanol–water partition coefficient (Wildman–Crippen LogP) is 1.69. The number of rotatable bonds is 4. The smallest absolute Gasteiger partial charge is 0.314 e. The third-order valence-electron chi connectivity index (χ3n) is 1.75. The van der Waals surface area contributed by atoms with Gasteiger partial charge in [0.05, 0.1) is 12.1 Å². The molecule has 6 heteroatoms. The van der Waals surface area contributed by atoms with Crippen molar-refractivity contribution < 1.29 is 13.2 Å². The first-order valence-electron chi connectivity index (χ1n) is 4.53. The second-order valence-electron chi connectivity index (χ2n) is 3.11. The van der Waals surface area contributed by atoms with E-state index in [9.17, 15) is 13.2 Å². The largest absolute Gasteiger partial charge is 0.389 e. The third-order valence-corrected chi connectivity index (χ3v) is 1.75. The fourth-order valence-corrected chi connectivity index (χ4v) is 1.09. The lowest BCUT2D eigenvalue weighted by Crippen LogP contribution is -2.12. The topological polar surface area (TPSA) is 37.8 Å². The van der Waals surface area contributed by atoms with Crippen LogP contribution >= 0.6 is 0 Å². The highest BCUT2D eigenvalue weighted by Gasteiger charge is 2.26. The van der Waals surface area contributed by atoms with Gasteiger partial charge in [-0.2, -0.15) is 13.2 Å². The predicted molar refractivity (Wildman–Crippen MR) is 49.2 cm³/mol. The van der Waals surface area contributed by atoms with Gasteiger partial charge in [0.15, 0.2) is 0 Å². The first kappa shape index (κ1) is 11.9. The first-order chi connectivity index (χ1) is 7.01. The molecule has 0 aliphatic heterocycles. The normalized spacial score (nSPS) is 11.7. The Bertz CT molecular complexity index is 312. The molecule has 0 fully saturated rings. The van der Waals surface area contributed by atoms with Gasteiger partial charge in [0.1, 0.15) is 5.82 Å². The Labute approximate surface area is 85.7 Å². The van der Waals surface area contributed by atoms with Crippen molar-refractivity contribution in [1.29, 1.82) is 0 Å². The van der Waals surface area contributed by atoms with Crippen LogP contribution in [0.25, 0.3) is 0 Å². The highest BCUT2D eigenvalue weighted by Crippen LogP contribution is 2.20. The van der Waals surface area contributed by atoms with Crippen LogP contribution in [0.5, 0.6) is 0 Å². The van der Waals surface area contributed by atoms with Gasteiger partial charge in [-0.15, -0.1) is 0 Å². The van der Waals surface area contributed by atoms with Gasteiger partial charge in [0.2, 0.25) is 0 Å². The fourth-order valence-electron chi connectivity index (χ4n) is 1.09. The van der Waals surface area contributed by atoms with Crippen LogP contribution in [0, 0.1) is 0 Å². The van der Waals surface area contributed by atoms with Gasteiger partial charge in [-0.1, -0.05) is 0 Å². The van der Waals surface area contributed by atoms with Crippen molar-refractivity contribution in [2.24, 2.45) is 0 Å². The molecule has 0 unspecified atom stereocenters. The minimum Gasteiger partial charge on any atom is -0.314 e. The third kappa shape index (κ3) is 4.73. The molecule has 1 aromatic heterocycles. The molecule has 0 aromatic carbocycles. The SMILES string of the molecule is CNCc1ccnc(CCC(F)(F)F)n1. The fraction of sp³-hybridized carbons (Fsp3) is 0.556. The van der Waals surface area contributed by atoms with Crippen LogP contribution in [0.4, 0.5) is 13.2 Å². The van der Waals surface area contributed by atoms with Gasteiger partial charge in [-0.3, -0.25) is 0 Å². The van der Waals surface area contributed by atoms with Crippen LogP contribution in [-0.2, 0) is 13.0 Å². The standard InChI is InChI=1S/C9H12F3N3/c1-13-6-7-3-5-14-8(15-7)2-4-9(10,11)12/h3,5,13H,2,4,6H2,1H3. The van der Waals surface area contributed by atoms with Crippen molar-refractivity contribution in [2.45, 2.75) is 25.6 Å². The van der Waals surface area contributed by atoms with E-state index in [1.165, 1.54) is 6.20 Å². The Kier molecular flexibility index (Phi) is 4.02. The maximum absolute atomic E-state index is 11.9. The average molecular weight is 219 g/mol. The van der Waals surface area contributed by atoms with E-state index < -0.39 is 12.6 Å². The molecule has 0 saturated carbocycles. The molecule has 1 rings (SSSR count). The van der Waals surface area contributed by atoms with Crippen LogP contribution < -0.4 is 5.32 Å². The summed E-state index contributed by atoms with van der Waals surface area (Å²) in [4.78, 5) is 7.78. The van der Waals surface area contributed by atoms with Crippen molar-refractivity contribution in [2.75, 3.05) is 7.05 Å². The molecular weight excluding hydrogens is 207 g/mol. The van der Waals surface area contributed by atoms with Crippen LogP contribution in [0.3, 0.4) is 0 Å². The number of hydrogen-bond acceptors (Lipinski definition) is 3. The van der Waals surface area contributed by atoms with Crippen LogP contribution in [-0.4, -0.2) is 23.2 Å². The van der Waals surface area contributed by atoms with Gasteiger partial charge in [0.25, 0.3) is 0 Å². The quantitative estimate of drug-likeness (QED) is 0.837. The molecule has 0 bridgehead atoms. The van der Waals surface area contributed by atoms with E-state index in [0.717, 1.165) is 0 Å². The Morgan fingerprint density at radius 1 is 1.40 bits per heavy atom. The second kappa shape index (κ2) is 5.06. The summed E-state index contributed by atoms with van der Waals surface area (Å²) in [7, 11) is 1.75. The average Bonchev–Trinajstić information content (AvgIpc) is 2.15. The Hall–Kier alpha value is -1.17. The number of aryl methyl sites for hydroxylation is 1. The van der Waals surface area contributed by atoms with Gasteiger partial charge >= 0.3 is 6.18 Å². The highest BCUT2D eigenvalue weighted by atomic mass is 19.4. The lowest BCUT2D eigenvalue weighted by molar-refractivity contribution is -0.134. The zero-order valence-corrected chi connectivity index (χ0v) is 8.30. The minimum atomic E-state index is -4.15. The molecule has 0 saturated heterocycles. The van der Waals surface area contributed by atoms with E-state index in [1.807, 2.05) is 0 Å². The van der Waals surface area contributed by atoms with E-state index in [1.54, 1.807) is 13.1 Å². The molecule has 0 atom stereocenters. The number of alkyl halides is 3. The number of halogens is 3. The minimum absolute atomic E-state index is 0.166. The summed E-state index contributed by atoms with van der Waals surface area (Å²) in [6.45, 7) is 0.529. The molecule has 0 amide bonds.